The second-order valence-electron chi connectivity index (χ2n) is 5.69. The van der Waals surface area contributed by atoms with Crippen LogP contribution in [0, 0.1) is 6.92 Å². The van der Waals surface area contributed by atoms with Crippen molar-refractivity contribution in [3.8, 4) is 0 Å². The molecule has 0 aliphatic rings. The number of nitrogens with one attached hydrogen (secondary N) is 1. The highest BCUT2D eigenvalue weighted by Crippen LogP contribution is 2.30. The molecule has 0 unspecified atom stereocenters. The molecule has 0 atom stereocenters. The number of alkyl halides is 3. The van der Waals surface area contributed by atoms with Crippen molar-refractivity contribution in [3.63, 3.8) is 0 Å². The van der Waals surface area contributed by atoms with Crippen molar-refractivity contribution in [1.82, 2.24) is 4.72 Å². The smallest absolute Gasteiger partial charge is 0.207 e. The second kappa shape index (κ2) is 5.37. The predicted molar refractivity (Wildman–Crippen MR) is 71.1 cm³/mol. The highest BCUT2D eigenvalue weighted by molar-refractivity contribution is 7.89. The van der Waals surface area contributed by atoms with Gasteiger partial charge in [0.25, 0.3) is 0 Å². The first-order chi connectivity index (χ1) is 8.83. The average Bonchev–Trinajstić information content (AvgIpc) is 2.24. The summed E-state index contributed by atoms with van der Waals surface area (Å²) in [6.45, 7) is 5.65. The summed E-state index contributed by atoms with van der Waals surface area (Å²) in [5.74, 6) is 0. The minimum atomic E-state index is -4.58. The molecule has 0 bridgehead atoms. The number of halogens is 3. The molecule has 0 saturated heterocycles. The third kappa shape index (κ3) is 4.49. The van der Waals surface area contributed by atoms with Crippen molar-refractivity contribution < 1.29 is 21.6 Å². The van der Waals surface area contributed by atoms with E-state index in [0.717, 1.165) is 5.56 Å². The predicted octanol–water partition coefficient (Wildman–Crippen LogP) is 3.13. The summed E-state index contributed by atoms with van der Waals surface area (Å²) in [5.41, 5.74) is 0.853. The van der Waals surface area contributed by atoms with Crippen LogP contribution in [0.4, 0.5) is 13.2 Å². The molecule has 7 heteroatoms. The Hall–Kier alpha value is -1.08. The van der Waals surface area contributed by atoms with Crippen LogP contribution < -0.4 is 4.72 Å². The van der Waals surface area contributed by atoms with Crippen LogP contribution in [0.1, 0.15) is 31.9 Å². The molecule has 1 aromatic carbocycles. The van der Waals surface area contributed by atoms with E-state index in [1.807, 2.05) is 20.8 Å². The van der Waals surface area contributed by atoms with Crippen LogP contribution in [-0.4, -0.2) is 21.1 Å². The lowest BCUT2D eigenvalue weighted by Gasteiger charge is -2.23. The number of hydrogen-bond donors (Lipinski definition) is 1. The average molecular weight is 309 g/mol. The highest BCUT2D eigenvalue weighted by atomic mass is 32.2. The standard InChI is InChI=1S/C13H18F3NO2S/c1-9-5-6-11(10(7-9)12(2,3)4)20(18,19)17-8-13(14,15)16/h5-7,17H,8H2,1-4H3. The fourth-order valence-electron chi connectivity index (χ4n) is 1.72. The van der Waals surface area contributed by atoms with Crippen LogP contribution in [0.25, 0.3) is 0 Å². The molecule has 0 aliphatic heterocycles. The van der Waals surface area contributed by atoms with Gasteiger partial charge in [0, 0.05) is 0 Å². The van der Waals surface area contributed by atoms with Crippen molar-refractivity contribution in [2.24, 2.45) is 0 Å². The molecule has 3 nitrogen and oxygen atoms in total. The molecule has 0 aromatic heterocycles. The fourth-order valence-corrected chi connectivity index (χ4v) is 3.13. The molecule has 0 aliphatic carbocycles. The van der Waals surface area contributed by atoms with Gasteiger partial charge in [0.15, 0.2) is 0 Å². The number of rotatable bonds is 3. The molecule has 1 N–H and O–H groups in total. The summed E-state index contributed by atoms with van der Waals surface area (Å²) in [5, 5.41) is 0. The lowest BCUT2D eigenvalue weighted by molar-refractivity contribution is -0.121. The van der Waals surface area contributed by atoms with Gasteiger partial charge >= 0.3 is 6.18 Å². The van der Waals surface area contributed by atoms with Gasteiger partial charge in [-0.25, -0.2) is 13.1 Å². The Morgan fingerprint density at radius 1 is 1.15 bits per heavy atom. The Morgan fingerprint density at radius 3 is 2.15 bits per heavy atom. The third-order valence-corrected chi connectivity index (χ3v) is 4.15. The molecular formula is C13H18F3NO2S. The normalized spacial score (nSPS) is 13.6. The minimum Gasteiger partial charge on any atom is -0.207 e. The van der Waals surface area contributed by atoms with Gasteiger partial charge in [0.1, 0.15) is 6.54 Å². The maximum Gasteiger partial charge on any atom is 0.402 e. The molecule has 20 heavy (non-hydrogen) atoms. The summed E-state index contributed by atoms with van der Waals surface area (Å²) < 4.78 is 62.2. The van der Waals surface area contributed by atoms with Gasteiger partial charge in [-0.05, 0) is 24.0 Å². The molecule has 114 valence electrons. The van der Waals surface area contributed by atoms with Crippen molar-refractivity contribution in [1.29, 1.82) is 0 Å². The number of hydrogen-bond acceptors (Lipinski definition) is 2. The summed E-state index contributed by atoms with van der Waals surface area (Å²) in [4.78, 5) is -0.111. The highest BCUT2D eigenvalue weighted by Gasteiger charge is 2.32. The van der Waals surface area contributed by atoms with E-state index < -0.39 is 28.2 Å². The first kappa shape index (κ1) is 17.0. The van der Waals surface area contributed by atoms with E-state index >= 15 is 0 Å². The Labute approximate surface area is 117 Å². The van der Waals surface area contributed by atoms with Crippen molar-refractivity contribution in [2.45, 2.75) is 44.2 Å². The zero-order valence-corrected chi connectivity index (χ0v) is 12.6. The molecule has 0 fully saturated rings. The Bertz CT molecular complexity index is 587. The SMILES string of the molecule is Cc1ccc(S(=O)(=O)NCC(F)(F)F)c(C(C)(C)C)c1. The van der Waals surface area contributed by atoms with E-state index in [9.17, 15) is 21.6 Å². The summed E-state index contributed by atoms with van der Waals surface area (Å²) >= 11 is 0. The van der Waals surface area contributed by atoms with E-state index in [-0.39, 0.29) is 4.90 Å². The van der Waals surface area contributed by atoms with Crippen LogP contribution in [0.15, 0.2) is 23.1 Å². The monoisotopic (exact) mass is 309 g/mol. The van der Waals surface area contributed by atoms with Crippen molar-refractivity contribution in [3.05, 3.63) is 29.3 Å². The van der Waals surface area contributed by atoms with Crippen LogP contribution in [0.3, 0.4) is 0 Å². The molecule has 0 heterocycles. The summed E-state index contributed by atoms with van der Waals surface area (Å²) in [7, 11) is -4.19. The van der Waals surface area contributed by atoms with Crippen LogP contribution in [-0.2, 0) is 15.4 Å². The zero-order chi connectivity index (χ0) is 15.8. The van der Waals surface area contributed by atoms with Gasteiger partial charge in [-0.2, -0.15) is 13.2 Å². The van der Waals surface area contributed by atoms with E-state index in [1.54, 1.807) is 23.8 Å². The van der Waals surface area contributed by atoms with E-state index in [2.05, 4.69) is 0 Å². The molecule has 1 aromatic rings. The fraction of sp³-hybridized carbons (Fsp3) is 0.538. The number of aryl methyl sites for hydroxylation is 1. The minimum absolute atomic E-state index is 0.111. The van der Waals surface area contributed by atoms with Gasteiger partial charge in [-0.15, -0.1) is 0 Å². The van der Waals surface area contributed by atoms with E-state index in [1.165, 1.54) is 6.07 Å². The van der Waals surface area contributed by atoms with E-state index in [0.29, 0.717) is 5.56 Å². The lowest BCUT2D eigenvalue weighted by atomic mass is 9.86. The topological polar surface area (TPSA) is 46.2 Å². The Kier molecular flexibility index (Phi) is 4.55. The largest absolute Gasteiger partial charge is 0.402 e. The summed E-state index contributed by atoms with van der Waals surface area (Å²) in [6, 6.07) is 4.59. The third-order valence-electron chi connectivity index (χ3n) is 2.70. The maximum absolute atomic E-state index is 12.2. The molecule has 0 saturated carbocycles. The molecule has 0 spiro atoms. The Morgan fingerprint density at radius 2 is 1.70 bits per heavy atom. The van der Waals surface area contributed by atoms with Gasteiger partial charge in [0.2, 0.25) is 10.0 Å². The van der Waals surface area contributed by atoms with Crippen LogP contribution in [0.5, 0.6) is 0 Å². The van der Waals surface area contributed by atoms with Crippen molar-refractivity contribution in [2.75, 3.05) is 6.54 Å². The quantitative estimate of drug-likeness (QED) is 0.932. The van der Waals surface area contributed by atoms with Gasteiger partial charge in [-0.1, -0.05) is 38.5 Å². The van der Waals surface area contributed by atoms with Gasteiger partial charge in [0.05, 0.1) is 4.90 Å². The van der Waals surface area contributed by atoms with Gasteiger partial charge in [-0.3, -0.25) is 0 Å². The molecule has 1 rings (SSSR count). The maximum atomic E-state index is 12.2. The number of sulfonamides is 1. The first-order valence-corrected chi connectivity index (χ1v) is 7.49. The first-order valence-electron chi connectivity index (χ1n) is 6.00. The van der Waals surface area contributed by atoms with Crippen molar-refractivity contribution >= 4 is 10.0 Å². The zero-order valence-electron chi connectivity index (χ0n) is 11.8. The summed E-state index contributed by atoms with van der Waals surface area (Å²) in [6.07, 6.45) is -4.58. The molecular weight excluding hydrogens is 291 g/mol. The van der Waals surface area contributed by atoms with Crippen LogP contribution >= 0.6 is 0 Å². The number of benzene rings is 1. The van der Waals surface area contributed by atoms with Gasteiger partial charge < -0.3 is 0 Å². The molecule has 0 radical (unpaired) electrons. The van der Waals surface area contributed by atoms with Crippen LogP contribution in [0.2, 0.25) is 0 Å². The molecule has 0 amide bonds. The Balaban J connectivity index is 3.25. The van der Waals surface area contributed by atoms with E-state index in [4.69, 9.17) is 0 Å². The second-order valence-corrected chi connectivity index (χ2v) is 7.42. The lowest BCUT2D eigenvalue weighted by Crippen LogP contribution is -2.35.